The Morgan fingerprint density at radius 1 is 1.00 bits per heavy atom. The number of anilines is 1. The lowest BCUT2D eigenvalue weighted by Crippen LogP contribution is -2.16. The van der Waals surface area contributed by atoms with Crippen molar-refractivity contribution in [3.63, 3.8) is 0 Å². The van der Waals surface area contributed by atoms with E-state index in [0.717, 1.165) is 5.69 Å². The molecule has 0 saturated carbocycles. The van der Waals surface area contributed by atoms with Crippen molar-refractivity contribution in [2.75, 3.05) is 5.32 Å². The van der Waals surface area contributed by atoms with Crippen molar-refractivity contribution in [1.29, 1.82) is 0 Å². The molecule has 0 spiro atoms. The van der Waals surface area contributed by atoms with Gasteiger partial charge in [0.05, 0.1) is 5.39 Å². The molecule has 2 heterocycles. The third kappa shape index (κ3) is 4.37. The second kappa shape index (κ2) is 8.27. The molecule has 160 valence electrons. The summed E-state index contributed by atoms with van der Waals surface area (Å²) >= 11 is 0. The standard InChI is InChI=1S/C26H23FN4O/c1-26(2,3)18-8-12-20(13-9-18)30-25(32)23-15-21-22(28-16-29-24(21)31(23)4)14-7-17-5-10-19(27)11-6-17/h5-6,8-13,15-16H,1-4H3,(H,30,32). The number of aryl methyl sites for hydroxylation is 1. The minimum absolute atomic E-state index is 0.0440. The summed E-state index contributed by atoms with van der Waals surface area (Å²) in [5, 5.41) is 3.62. The van der Waals surface area contributed by atoms with Crippen LogP contribution >= 0.6 is 0 Å². The van der Waals surface area contributed by atoms with Crippen molar-refractivity contribution < 1.29 is 9.18 Å². The Kier molecular flexibility index (Phi) is 5.50. The molecule has 4 aromatic rings. The Labute approximate surface area is 186 Å². The number of halogens is 1. The fourth-order valence-corrected chi connectivity index (χ4v) is 3.36. The molecule has 32 heavy (non-hydrogen) atoms. The van der Waals surface area contributed by atoms with Crippen molar-refractivity contribution in [3.05, 3.63) is 89.3 Å². The molecule has 0 saturated heterocycles. The first kappa shape index (κ1) is 21.3. The lowest BCUT2D eigenvalue weighted by atomic mass is 9.87. The number of hydrogen-bond acceptors (Lipinski definition) is 3. The third-order valence-corrected chi connectivity index (χ3v) is 5.23. The Morgan fingerprint density at radius 3 is 2.34 bits per heavy atom. The van der Waals surface area contributed by atoms with Gasteiger partial charge in [0.15, 0.2) is 0 Å². The topological polar surface area (TPSA) is 59.8 Å². The second-order valence-corrected chi connectivity index (χ2v) is 8.59. The highest BCUT2D eigenvalue weighted by Crippen LogP contribution is 2.24. The summed E-state index contributed by atoms with van der Waals surface area (Å²) in [6, 6.07) is 15.5. The number of carbonyl (C=O) groups is 1. The summed E-state index contributed by atoms with van der Waals surface area (Å²) in [7, 11) is 1.78. The predicted molar refractivity (Wildman–Crippen MR) is 124 cm³/mol. The van der Waals surface area contributed by atoms with E-state index in [-0.39, 0.29) is 17.1 Å². The molecule has 2 aromatic heterocycles. The van der Waals surface area contributed by atoms with Crippen LogP contribution in [0.4, 0.5) is 10.1 Å². The number of amides is 1. The fraction of sp³-hybridized carbons (Fsp3) is 0.192. The monoisotopic (exact) mass is 426 g/mol. The quantitative estimate of drug-likeness (QED) is 0.456. The molecule has 0 radical (unpaired) electrons. The second-order valence-electron chi connectivity index (χ2n) is 8.59. The summed E-state index contributed by atoms with van der Waals surface area (Å²) in [6.45, 7) is 6.44. The van der Waals surface area contributed by atoms with Gasteiger partial charge in [-0.3, -0.25) is 4.79 Å². The van der Waals surface area contributed by atoms with Gasteiger partial charge in [0.2, 0.25) is 0 Å². The molecule has 2 aromatic carbocycles. The molecule has 0 aliphatic rings. The van der Waals surface area contributed by atoms with Gasteiger partial charge in [-0.1, -0.05) is 38.8 Å². The first-order valence-electron chi connectivity index (χ1n) is 10.2. The number of rotatable bonds is 2. The highest BCUT2D eigenvalue weighted by atomic mass is 19.1. The molecular weight excluding hydrogens is 403 g/mol. The number of benzene rings is 2. The van der Waals surface area contributed by atoms with Gasteiger partial charge >= 0.3 is 0 Å². The van der Waals surface area contributed by atoms with Crippen LogP contribution in [0, 0.1) is 17.7 Å². The maximum atomic E-state index is 13.1. The van der Waals surface area contributed by atoms with Crippen LogP contribution in [0.2, 0.25) is 0 Å². The fourth-order valence-electron chi connectivity index (χ4n) is 3.36. The van der Waals surface area contributed by atoms with Gasteiger partial charge < -0.3 is 9.88 Å². The van der Waals surface area contributed by atoms with Crippen LogP contribution in [0.25, 0.3) is 11.0 Å². The van der Waals surface area contributed by atoms with Crippen molar-refractivity contribution in [2.24, 2.45) is 7.05 Å². The van der Waals surface area contributed by atoms with Gasteiger partial charge in [0.25, 0.3) is 5.91 Å². The smallest absolute Gasteiger partial charge is 0.272 e. The summed E-state index contributed by atoms with van der Waals surface area (Å²) in [4.78, 5) is 21.5. The van der Waals surface area contributed by atoms with Crippen molar-refractivity contribution in [3.8, 4) is 11.8 Å². The molecular formula is C26H23FN4O. The van der Waals surface area contributed by atoms with Gasteiger partial charge in [-0.05, 0) is 59.4 Å². The molecule has 6 heteroatoms. The highest BCUT2D eigenvalue weighted by molar-refractivity contribution is 6.06. The molecule has 0 bridgehead atoms. The molecule has 0 fully saturated rings. The van der Waals surface area contributed by atoms with Gasteiger partial charge in [0.1, 0.15) is 29.2 Å². The van der Waals surface area contributed by atoms with Crippen LogP contribution in [0.15, 0.2) is 60.9 Å². The number of hydrogen-bond donors (Lipinski definition) is 1. The average Bonchev–Trinajstić information content (AvgIpc) is 3.10. The largest absolute Gasteiger partial charge is 0.324 e. The Balaban J connectivity index is 1.63. The SMILES string of the molecule is Cn1c(C(=O)Nc2ccc(C(C)(C)C)cc2)cc2c(C#Cc3ccc(F)cc3)ncnc21. The number of aromatic nitrogens is 3. The normalized spacial score (nSPS) is 11.2. The third-order valence-electron chi connectivity index (χ3n) is 5.23. The van der Waals surface area contributed by atoms with Crippen molar-refractivity contribution >= 4 is 22.6 Å². The maximum absolute atomic E-state index is 13.1. The van der Waals surface area contributed by atoms with Crippen LogP contribution in [0.5, 0.6) is 0 Å². The van der Waals surface area contributed by atoms with Gasteiger partial charge in [0, 0.05) is 18.3 Å². The maximum Gasteiger partial charge on any atom is 0.272 e. The molecule has 1 amide bonds. The van der Waals surface area contributed by atoms with E-state index in [9.17, 15) is 9.18 Å². The minimum atomic E-state index is -0.313. The molecule has 5 nitrogen and oxygen atoms in total. The Bertz CT molecular complexity index is 1350. The summed E-state index contributed by atoms with van der Waals surface area (Å²) in [6.07, 6.45) is 1.42. The molecule has 0 atom stereocenters. The first-order chi connectivity index (χ1) is 15.2. The lowest BCUT2D eigenvalue weighted by molar-refractivity contribution is 0.101. The zero-order valence-electron chi connectivity index (χ0n) is 18.4. The van der Waals surface area contributed by atoms with E-state index in [1.54, 1.807) is 29.8 Å². The van der Waals surface area contributed by atoms with Crippen molar-refractivity contribution in [1.82, 2.24) is 14.5 Å². The molecule has 4 rings (SSSR count). The van der Waals surface area contributed by atoms with Gasteiger partial charge in [-0.2, -0.15) is 0 Å². The molecule has 0 unspecified atom stereocenters. The number of carbonyl (C=O) groups excluding carboxylic acids is 1. The zero-order valence-corrected chi connectivity index (χ0v) is 18.4. The zero-order chi connectivity index (χ0) is 22.9. The van der Waals surface area contributed by atoms with E-state index >= 15 is 0 Å². The van der Waals surface area contributed by atoms with Gasteiger partial charge in [-0.15, -0.1) is 0 Å². The summed E-state index contributed by atoms with van der Waals surface area (Å²) in [5.74, 6) is 5.43. The van der Waals surface area contributed by atoms with E-state index in [4.69, 9.17) is 0 Å². The molecule has 1 N–H and O–H groups in total. The van der Waals surface area contributed by atoms with E-state index in [2.05, 4.69) is 47.9 Å². The summed E-state index contributed by atoms with van der Waals surface area (Å²) < 4.78 is 14.8. The van der Waals surface area contributed by atoms with Gasteiger partial charge in [-0.25, -0.2) is 14.4 Å². The number of fused-ring (bicyclic) bond motifs is 1. The van der Waals surface area contributed by atoms with Crippen molar-refractivity contribution in [2.45, 2.75) is 26.2 Å². The minimum Gasteiger partial charge on any atom is -0.324 e. The number of nitrogens with one attached hydrogen (secondary N) is 1. The van der Waals surface area contributed by atoms with Crippen LogP contribution in [-0.2, 0) is 12.5 Å². The Morgan fingerprint density at radius 2 is 1.69 bits per heavy atom. The van der Waals surface area contributed by atoms with Crippen LogP contribution < -0.4 is 5.32 Å². The summed E-state index contributed by atoms with van der Waals surface area (Å²) in [5.41, 5.74) is 4.19. The molecule has 0 aliphatic heterocycles. The van der Waals surface area contributed by atoms with Crippen LogP contribution in [-0.4, -0.2) is 20.4 Å². The van der Waals surface area contributed by atoms with Crippen LogP contribution in [0.1, 0.15) is 48.1 Å². The lowest BCUT2D eigenvalue weighted by Gasteiger charge is -2.19. The van der Waals surface area contributed by atoms with E-state index in [1.165, 1.54) is 24.0 Å². The van der Waals surface area contributed by atoms with Crippen LogP contribution in [0.3, 0.4) is 0 Å². The van der Waals surface area contributed by atoms with E-state index in [0.29, 0.717) is 28.0 Å². The first-order valence-corrected chi connectivity index (χ1v) is 10.2. The van der Waals surface area contributed by atoms with E-state index < -0.39 is 0 Å². The Hall–Kier alpha value is -3.98. The molecule has 0 aliphatic carbocycles. The van der Waals surface area contributed by atoms with E-state index in [1.807, 2.05) is 24.3 Å². The number of nitrogens with zero attached hydrogens (tertiary/aromatic N) is 3. The average molecular weight is 426 g/mol. The highest BCUT2D eigenvalue weighted by Gasteiger charge is 2.17. The predicted octanol–water partition coefficient (Wildman–Crippen LogP) is 5.06.